The Balaban J connectivity index is 3.05. The molecule has 1 amide bonds. The van der Waals surface area contributed by atoms with Crippen molar-refractivity contribution in [2.45, 2.75) is 39.7 Å². The summed E-state index contributed by atoms with van der Waals surface area (Å²) in [7, 11) is 1.63. The van der Waals surface area contributed by atoms with Crippen LogP contribution in [0.5, 0.6) is 5.75 Å². The fourth-order valence-corrected chi connectivity index (χ4v) is 2.38. The molecule has 0 radical (unpaired) electrons. The average molecular weight is 279 g/mol. The van der Waals surface area contributed by atoms with E-state index in [9.17, 15) is 9.90 Å². The first-order valence-corrected chi connectivity index (χ1v) is 7.15. The Morgan fingerprint density at radius 3 is 2.55 bits per heavy atom. The number of nitrogens with zero attached hydrogens (tertiary/aromatic N) is 1. The minimum Gasteiger partial charge on any atom is -0.508 e. The van der Waals surface area contributed by atoms with Gasteiger partial charge in [0.25, 0.3) is 5.91 Å². The number of phenolic OH excluding ortho intramolecular Hbond substituents is 1. The number of amides is 1. The number of hydrogen-bond acceptors (Lipinski definition) is 3. The summed E-state index contributed by atoms with van der Waals surface area (Å²) in [4.78, 5) is 14.6. The molecule has 0 aliphatic heterocycles. The Hall–Kier alpha value is -1.55. The van der Waals surface area contributed by atoms with E-state index < -0.39 is 0 Å². The van der Waals surface area contributed by atoms with Crippen LogP contribution in [0.1, 0.15) is 42.6 Å². The van der Waals surface area contributed by atoms with Gasteiger partial charge in [0.15, 0.2) is 0 Å². The van der Waals surface area contributed by atoms with Gasteiger partial charge in [-0.05, 0) is 31.9 Å². The van der Waals surface area contributed by atoms with Gasteiger partial charge >= 0.3 is 0 Å². The maximum absolute atomic E-state index is 12.7. The summed E-state index contributed by atoms with van der Waals surface area (Å²) in [5.41, 5.74) is 1.19. The molecule has 0 atom stereocenters. The maximum atomic E-state index is 12.7. The van der Waals surface area contributed by atoms with E-state index in [1.807, 2.05) is 4.90 Å². The summed E-state index contributed by atoms with van der Waals surface area (Å²) >= 11 is 0. The van der Waals surface area contributed by atoms with Gasteiger partial charge in [-0.3, -0.25) is 4.79 Å². The number of carbonyl (C=O) groups excluding carboxylic acids is 1. The molecule has 0 saturated carbocycles. The van der Waals surface area contributed by atoms with Crippen molar-refractivity contribution in [3.63, 3.8) is 0 Å². The molecule has 0 aliphatic carbocycles. The van der Waals surface area contributed by atoms with Crippen molar-refractivity contribution in [2.75, 3.05) is 20.3 Å². The van der Waals surface area contributed by atoms with E-state index in [-0.39, 0.29) is 17.7 Å². The highest BCUT2D eigenvalue weighted by atomic mass is 16.5. The third-order valence-electron chi connectivity index (χ3n) is 3.72. The molecule has 1 N–H and O–H groups in total. The van der Waals surface area contributed by atoms with Crippen molar-refractivity contribution < 1.29 is 14.6 Å². The molecule has 0 bridgehead atoms. The molecule has 4 heteroatoms. The summed E-state index contributed by atoms with van der Waals surface area (Å²) in [5.74, 6) is 0.122. The van der Waals surface area contributed by atoms with Crippen molar-refractivity contribution >= 4 is 5.91 Å². The van der Waals surface area contributed by atoms with E-state index in [2.05, 4.69) is 13.8 Å². The minimum absolute atomic E-state index is 0.0378. The second-order valence-corrected chi connectivity index (χ2v) is 4.91. The van der Waals surface area contributed by atoms with E-state index in [1.165, 1.54) is 0 Å². The lowest BCUT2D eigenvalue weighted by Gasteiger charge is -2.31. The van der Waals surface area contributed by atoms with Gasteiger partial charge in [-0.2, -0.15) is 0 Å². The van der Waals surface area contributed by atoms with Crippen LogP contribution in [0.4, 0.5) is 0 Å². The highest BCUT2D eigenvalue weighted by molar-refractivity contribution is 5.96. The van der Waals surface area contributed by atoms with Crippen molar-refractivity contribution in [1.29, 1.82) is 0 Å². The number of hydrogen-bond donors (Lipinski definition) is 1. The number of aromatic hydroxyl groups is 1. The van der Waals surface area contributed by atoms with Gasteiger partial charge in [-0.1, -0.05) is 19.9 Å². The summed E-state index contributed by atoms with van der Waals surface area (Å²) in [5, 5.41) is 9.76. The third kappa shape index (κ3) is 3.73. The molecule has 1 aromatic rings. The second-order valence-electron chi connectivity index (χ2n) is 4.91. The lowest BCUT2D eigenvalue weighted by molar-refractivity contribution is 0.0588. The summed E-state index contributed by atoms with van der Waals surface area (Å²) in [6.07, 6.45) is 1.81. The molecule has 4 nitrogen and oxygen atoms in total. The molecule has 0 spiro atoms. The van der Waals surface area contributed by atoms with Crippen LogP contribution in [0.15, 0.2) is 18.2 Å². The normalized spacial score (nSPS) is 10.8. The van der Waals surface area contributed by atoms with Crippen molar-refractivity contribution in [3.8, 4) is 5.75 Å². The number of carbonyl (C=O) groups is 1. The molecule has 1 rings (SSSR count). The Labute approximate surface area is 121 Å². The predicted molar refractivity (Wildman–Crippen MR) is 80.1 cm³/mol. The number of ether oxygens (including phenoxy) is 1. The minimum atomic E-state index is -0.0378. The number of methoxy groups -OCH3 is 1. The van der Waals surface area contributed by atoms with Crippen LogP contribution in [0.3, 0.4) is 0 Å². The predicted octanol–water partition coefficient (Wildman–Crippen LogP) is 2.98. The first-order valence-electron chi connectivity index (χ1n) is 7.15. The van der Waals surface area contributed by atoms with Crippen molar-refractivity contribution in [2.24, 2.45) is 0 Å². The molecule has 0 aliphatic rings. The topological polar surface area (TPSA) is 49.8 Å². The van der Waals surface area contributed by atoms with Crippen LogP contribution in [0.25, 0.3) is 0 Å². The van der Waals surface area contributed by atoms with Gasteiger partial charge in [0.1, 0.15) is 5.75 Å². The van der Waals surface area contributed by atoms with Crippen molar-refractivity contribution in [3.05, 3.63) is 29.3 Å². The molecule has 0 saturated heterocycles. The molecule has 1 aromatic carbocycles. The van der Waals surface area contributed by atoms with Gasteiger partial charge in [0, 0.05) is 30.8 Å². The van der Waals surface area contributed by atoms with Gasteiger partial charge in [0.05, 0.1) is 6.61 Å². The molecular weight excluding hydrogens is 254 g/mol. The zero-order chi connectivity index (χ0) is 15.1. The Morgan fingerprint density at radius 2 is 2.00 bits per heavy atom. The third-order valence-corrected chi connectivity index (χ3v) is 3.72. The first-order chi connectivity index (χ1) is 9.56. The smallest absolute Gasteiger partial charge is 0.254 e. The summed E-state index contributed by atoms with van der Waals surface area (Å²) < 4.78 is 5.11. The molecule has 20 heavy (non-hydrogen) atoms. The second kappa shape index (κ2) is 7.90. The Kier molecular flexibility index (Phi) is 6.52. The van der Waals surface area contributed by atoms with E-state index in [4.69, 9.17) is 4.74 Å². The van der Waals surface area contributed by atoms with Gasteiger partial charge in [0.2, 0.25) is 0 Å². The fraction of sp³-hybridized carbons (Fsp3) is 0.562. The molecular formula is C16H25NO3. The standard InChI is InChI=1S/C16H25NO3/c1-5-13(6-2)17(10-11-20-4)16(19)14-8-7-9-15(18)12(14)3/h7-9,13,18H,5-6,10-11H2,1-4H3. The largest absolute Gasteiger partial charge is 0.508 e. The maximum Gasteiger partial charge on any atom is 0.254 e. The van der Waals surface area contributed by atoms with E-state index in [1.54, 1.807) is 32.2 Å². The molecule has 0 aromatic heterocycles. The molecule has 0 heterocycles. The molecule has 112 valence electrons. The molecule has 0 fully saturated rings. The zero-order valence-electron chi connectivity index (χ0n) is 12.8. The summed E-state index contributed by atoms with van der Waals surface area (Å²) in [6, 6.07) is 5.26. The van der Waals surface area contributed by atoms with E-state index in [0.29, 0.717) is 24.3 Å². The van der Waals surface area contributed by atoms with Crippen LogP contribution >= 0.6 is 0 Å². The number of benzene rings is 1. The quantitative estimate of drug-likeness (QED) is 0.834. The van der Waals surface area contributed by atoms with Gasteiger partial charge in [-0.25, -0.2) is 0 Å². The summed E-state index contributed by atoms with van der Waals surface area (Å²) in [6.45, 7) is 7.01. The zero-order valence-corrected chi connectivity index (χ0v) is 12.8. The monoisotopic (exact) mass is 279 g/mol. The Bertz CT molecular complexity index is 441. The fourth-order valence-electron chi connectivity index (χ4n) is 2.38. The first kappa shape index (κ1) is 16.5. The average Bonchev–Trinajstić information content (AvgIpc) is 2.45. The highest BCUT2D eigenvalue weighted by Crippen LogP contribution is 2.22. The number of rotatable bonds is 7. The van der Waals surface area contributed by atoms with Crippen LogP contribution in [0, 0.1) is 6.92 Å². The van der Waals surface area contributed by atoms with E-state index >= 15 is 0 Å². The lowest BCUT2D eigenvalue weighted by Crippen LogP contribution is -2.42. The van der Waals surface area contributed by atoms with Crippen LogP contribution < -0.4 is 0 Å². The van der Waals surface area contributed by atoms with E-state index in [0.717, 1.165) is 12.8 Å². The van der Waals surface area contributed by atoms with Gasteiger partial charge < -0.3 is 14.7 Å². The highest BCUT2D eigenvalue weighted by Gasteiger charge is 2.23. The van der Waals surface area contributed by atoms with Crippen LogP contribution in [-0.4, -0.2) is 42.2 Å². The van der Waals surface area contributed by atoms with Crippen LogP contribution in [0.2, 0.25) is 0 Å². The molecule has 0 unspecified atom stereocenters. The Morgan fingerprint density at radius 1 is 1.35 bits per heavy atom. The SMILES string of the molecule is CCC(CC)N(CCOC)C(=O)c1cccc(O)c1C. The number of phenols is 1. The lowest BCUT2D eigenvalue weighted by atomic mass is 10.0. The van der Waals surface area contributed by atoms with Gasteiger partial charge in [-0.15, -0.1) is 0 Å². The van der Waals surface area contributed by atoms with Crippen LogP contribution in [-0.2, 0) is 4.74 Å². The van der Waals surface area contributed by atoms with Crippen molar-refractivity contribution in [1.82, 2.24) is 4.90 Å².